The maximum atomic E-state index is 11.7. The van der Waals surface area contributed by atoms with Crippen molar-refractivity contribution in [3.05, 3.63) is 40.4 Å². The summed E-state index contributed by atoms with van der Waals surface area (Å²) in [4.78, 5) is 15.9. The number of amides is 2. The van der Waals surface area contributed by atoms with Gasteiger partial charge in [0.1, 0.15) is 0 Å². The fourth-order valence-corrected chi connectivity index (χ4v) is 2.17. The molecule has 0 saturated heterocycles. The van der Waals surface area contributed by atoms with Crippen LogP contribution in [0.4, 0.5) is 15.6 Å². The molecule has 1 aromatic heterocycles. The van der Waals surface area contributed by atoms with E-state index in [9.17, 15) is 4.79 Å². The molecular weight excluding hydrogens is 246 g/mol. The van der Waals surface area contributed by atoms with E-state index in [1.165, 1.54) is 16.9 Å². The first-order valence-corrected chi connectivity index (χ1v) is 6.50. The standard InChI is InChI=1S/C13H15N3OS/c1-8-4-5-11(6-9(8)2)15-12(17)16-13-14-10(3)7-18-13/h4-7H,1-3H3,(H2,14,15,16,17). The highest BCUT2D eigenvalue weighted by molar-refractivity contribution is 7.13. The topological polar surface area (TPSA) is 54.0 Å². The minimum Gasteiger partial charge on any atom is -0.308 e. The third-order valence-electron chi connectivity index (χ3n) is 2.60. The molecule has 0 atom stereocenters. The normalized spacial score (nSPS) is 10.2. The molecular formula is C13H15N3OS. The first-order valence-electron chi connectivity index (χ1n) is 5.62. The summed E-state index contributed by atoms with van der Waals surface area (Å²) in [6, 6.07) is 5.54. The molecule has 0 spiro atoms. The Bertz CT molecular complexity index is 577. The van der Waals surface area contributed by atoms with Crippen LogP contribution in [0.1, 0.15) is 16.8 Å². The Labute approximate surface area is 110 Å². The molecule has 0 unspecified atom stereocenters. The quantitative estimate of drug-likeness (QED) is 0.865. The SMILES string of the molecule is Cc1csc(NC(=O)Nc2ccc(C)c(C)c2)n1. The molecule has 0 aliphatic heterocycles. The number of hydrogen-bond acceptors (Lipinski definition) is 3. The van der Waals surface area contributed by atoms with E-state index in [2.05, 4.69) is 15.6 Å². The molecule has 18 heavy (non-hydrogen) atoms. The molecule has 5 heteroatoms. The highest BCUT2D eigenvalue weighted by Crippen LogP contribution is 2.16. The molecule has 4 nitrogen and oxygen atoms in total. The van der Waals surface area contributed by atoms with Crippen molar-refractivity contribution in [2.75, 3.05) is 10.6 Å². The average molecular weight is 261 g/mol. The van der Waals surface area contributed by atoms with Gasteiger partial charge in [0, 0.05) is 11.1 Å². The highest BCUT2D eigenvalue weighted by Gasteiger charge is 2.05. The van der Waals surface area contributed by atoms with Crippen molar-refractivity contribution in [2.24, 2.45) is 0 Å². The van der Waals surface area contributed by atoms with E-state index in [0.29, 0.717) is 5.13 Å². The maximum Gasteiger partial charge on any atom is 0.325 e. The van der Waals surface area contributed by atoms with E-state index in [0.717, 1.165) is 16.9 Å². The summed E-state index contributed by atoms with van der Waals surface area (Å²) in [7, 11) is 0. The van der Waals surface area contributed by atoms with Gasteiger partial charge in [-0.05, 0) is 44.0 Å². The van der Waals surface area contributed by atoms with Gasteiger partial charge in [0.05, 0.1) is 5.69 Å². The molecule has 0 radical (unpaired) electrons. The number of benzene rings is 1. The van der Waals surface area contributed by atoms with Crippen LogP contribution < -0.4 is 10.6 Å². The minimum absolute atomic E-state index is 0.271. The van der Waals surface area contributed by atoms with Crippen LogP contribution in [-0.4, -0.2) is 11.0 Å². The summed E-state index contributed by atoms with van der Waals surface area (Å²) in [6.07, 6.45) is 0. The first-order chi connectivity index (χ1) is 8.54. The fraction of sp³-hybridized carbons (Fsp3) is 0.231. The Morgan fingerprint density at radius 2 is 1.94 bits per heavy atom. The second-order valence-corrected chi connectivity index (χ2v) is 5.03. The number of hydrogen-bond donors (Lipinski definition) is 2. The van der Waals surface area contributed by atoms with Crippen LogP contribution in [0.5, 0.6) is 0 Å². The number of nitrogens with one attached hydrogen (secondary N) is 2. The molecule has 1 aromatic carbocycles. The van der Waals surface area contributed by atoms with Gasteiger partial charge in [0.15, 0.2) is 5.13 Å². The van der Waals surface area contributed by atoms with Crippen molar-refractivity contribution in [2.45, 2.75) is 20.8 Å². The van der Waals surface area contributed by atoms with Crippen LogP contribution in [0.15, 0.2) is 23.6 Å². The molecule has 2 aromatic rings. The van der Waals surface area contributed by atoms with Crippen molar-refractivity contribution < 1.29 is 4.79 Å². The third kappa shape index (κ3) is 3.07. The summed E-state index contributed by atoms with van der Waals surface area (Å²) < 4.78 is 0. The van der Waals surface area contributed by atoms with Crippen LogP contribution in [0.3, 0.4) is 0 Å². The summed E-state index contributed by atoms with van der Waals surface area (Å²) in [5.41, 5.74) is 4.04. The summed E-state index contributed by atoms with van der Waals surface area (Å²) in [6.45, 7) is 5.95. The average Bonchev–Trinajstić information content (AvgIpc) is 2.69. The molecule has 0 bridgehead atoms. The Kier molecular flexibility index (Phi) is 3.62. The number of aromatic nitrogens is 1. The van der Waals surface area contributed by atoms with Crippen molar-refractivity contribution >= 4 is 28.2 Å². The van der Waals surface area contributed by atoms with Crippen molar-refractivity contribution in [3.63, 3.8) is 0 Å². The van der Waals surface area contributed by atoms with Crippen LogP contribution in [0.2, 0.25) is 0 Å². The lowest BCUT2D eigenvalue weighted by Gasteiger charge is -2.07. The van der Waals surface area contributed by atoms with Crippen molar-refractivity contribution in [1.82, 2.24) is 4.98 Å². The van der Waals surface area contributed by atoms with Gasteiger partial charge in [-0.25, -0.2) is 9.78 Å². The second-order valence-electron chi connectivity index (χ2n) is 4.17. The predicted octanol–water partition coefficient (Wildman–Crippen LogP) is 3.71. The van der Waals surface area contributed by atoms with Crippen molar-refractivity contribution in [3.8, 4) is 0 Å². The number of urea groups is 1. The van der Waals surface area contributed by atoms with E-state index in [1.54, 1.807) is 0 Å². The molecule has 2 rings (SSSR count). The molecule has 0 fully saturated rings. The van der Waals surface area contributed by atoms with Crippen LogP contribution >= 0.6 is 11.3 Å². The zero-order chi connectivity index (χ0) is 13.1. The molecule has 0 aliphatic carbocycles. The van der Waals surface area contributed by atoms with Gasteiger partial charge in [-0.2, -0.15) is 0 Å². The van der Waals surface area contributed by atoms with Gasteiger partial charge < -0.3 is 5.32 Å². The zero-order valence-electron chi connectivity index (χ0n) is 10.6. The summed E-state index contributed by atoms with van der Waals surface area (Å²) in [5.74, 6) is 0. The molecule has 0 saturated carbocycles. The molecule has 94 valence electrons. The van der Waals surface area contributed by atoms with Crippen molar-refractivity contribution in [1.29, 1.82) is 0 Å². The van der Waals surface area contributed by atoms with E-state index < -0.39 is 0 Å². The van der Waals surface area contributed by atoms with E-state index >= 15 is 0 Å². The van der Waals surface area contributed by atoms with Gasteiger partial charge in [-0.1, -0.05) is 6.07 Å². The van der Waals surface area contributed by atoms with Gasteiger partial charge in [0.25, 0.3) is 0 Å². The molecule has 2 N–H and O–H groups in total. The number of rotatable bonds is 2. The lowest BCUT2D eigenvalue weighted by molar-refractivity contribution is 0.262. The number of aryl methyl sites for hydroxylation is 3. The molecule has 1 heterocycles. The summed E-state index contributed by atoms with van der Waals surface area (Å²) in [5, 5.41) is 7.99. The lowest BCUT2D eigenvalue weighted by Crippen LogP contribution is -2.19. The van der Waals surface area contributed by atoms with Crippen LogP contribution in [-0.2, 0) is 0 Å². The Morgan fingerprint density at radius 3 is 2.56 bits per heavy atom. The van der Waals surface area contributed by atoms with Gasteiger partial charge in [0.2, 0.25) is 0 Å². The lowest BCUT2D eigenvalue weighted by atomic mass is 10.1. The van der Waals surface area contributed by atoms with Gasteiger partial charge in [-0.3, -0.25) is 5.32 Å². The summed E-state index contributed by atoms with van der Waals surface area (Å²) >= 11 is 1.41. The minimum atomic E-state index is -0.271. The first kappa shape index (κ1) is 12.6. The third-order valence-corrected chi connectivity index (χ3v) is 3.48. The Balaban J connectivity index is 2.00. The van der Waals surface area contributed by atoms with E-state index in [1.807, 2.05) is 44.4 Å². The Morgan fingerprint density at radius 1 is 1.17 bits per heavy atom. The second kappa shape index (κ2) is 5.18. The monoisotopic (exact) mass is 261 g/mol. The van der Waals surface area contributed by atoms with E-state index in [4.69, 9.17) is 0 Å². The Hall–Kier alpha value is -1.88. The van der Waals surface area contributed by atoms with Gasteiger partial charge in [-0.15, -0.1) is 11.3 Å². The fourth-order valence-electron chi connectivity index (χ4n) is 1.49. The van der Waals surface area contributed by atoms with Crippen LogP contribution in [0.25, 0.3) is 0 Å². The number of thiazole rings is 1. The number of nitrogens with zero attached hydrogens (tertiary/aromatic N) is 1. The van der Waals surface area contributed by atoms with Gasteiger partial charge >= 0.3 is 6.03 Å². The molecule has 2 amide bonds. The largest absolute Gasteiger partial charge is 0.325 e. The van der Waals surface area contributed by atoms with E-state index in [-0.39, 0.29) is 6.03 Å². The van der Waals surface area contributed by atoms with Crippen LogP contribution in [0, 0.1) is 20.8 Å². The maximum absolute atomic E-state index is 11.7. The number of anilines is 2. The smallest absolute Gasteiger partial charge is 0.308 e. The number of carbonyl (C=O) groups is 1. The number of carbonyl (C=O) groups excluding carboxylic acids is 1. The molecule has 0 aliphatic rings. The highest BCUT2D eigenvalue weighted by atomic mass is 32.1. The predicted molar refractivity (Wildman–Crippen MR) is 75.4 cm³/mol. The zero-order valence-corrected chi connectivity index (χ0v) is 11.4.